The van der Waals surface area contributed by atoms with E-state index in [0.717, 1.165) is 28.7 Å². The predicted molar refractivity (Wildman–Crippen MR) is 89.1 cm³/mol. The molecule has 3 heterocycles. The van der Waals surface area contributed by atoms with Crippen molar-refractivity contribution in [3.63, 3.8) is 0 Å². The largest absolute Gasteiger partial charge is 0.464 e. The number of rotatable bonds is 4. The minimum absolute atomic E-state index is 0.324. The van der Waals surface area contributed by atoms with Crippen LogP contribution < -0.4 is 0 Å². The lowest BCUT2D eigenvalue weighted by Crippen LogP contribution is -2.07. The zero-order valence-corrected chi connectivity index (χ0v) is 13.5. The zero-order valence-electron chi connectivity index (χ0n) is 13.5. The summed E-state index contributed by atoms with van der Waals surface area (Å²) in [5.41, 5.74) is 3.30. The number of fused-ring (bicyclic) bond motifs is 1. The Morgan fingerprint density at radius 2 is 1.96 bits per heavy atom. The standard InChI is InChI=1S/C18H19N3O2/c1-12(2)10-21-11-15(13-6-8-19-9-7-13)14-4-5-16(18(22)23-3)20-17(14)21/h4-9,11-12H,10H2,1-3H3. The van der Waals surface area contributed by atoms with E-state index in [1.165, 1.54) is 7.11 Å². The van der Waals surface area contributed by atoms with Crippen LogP contribution in [0.15, 0.2) is 42.9 Å². The van der Waals surface area contributed by atoms with Crippen molar-refractivity contribution in [3.8, 4) is 11.1 Å². The molecule has 23 heavy (non-hydrogen) atoms. The predicted octanol–water partition coefficient (Wildman–Crippen LogP) is 3.54. The van der Waals surface area contributed by atoms with E-state index in [9.17, 15) is 4.79 Å². The Morgan fingerprint density at radius 3 is 2.61 bits per heavy atom. The molecular weight excluding hydrogens is 290 g/mol. The van der Waals surface area contributed by atoms with Crippen molar-refractivity contribution in [2.45, 2.75) is 20.4 Å². The van der Waals surface area contributed by atoms with E-state index >= 15 is 0 Å². The van der Waals surface area contributed by atoms with Crippen molar-refractivity contribution in [2.24, 2.45) is 5.92 Å². The van der Waals surface area contributed by atoms with E-state index in [4.69, 9.17) is 4.74 Å². The van der Waals surface area contributed by atoms with Crippen LogP contribution in [-0.4, -0.2) is 27.6 Å². The van der Waals surface area contributed by atoms with Gasteiger partial charge in [0.1, 0.15) is 5.65 Å². The van der Waals surface area contributed by atoms with E-state index in [-0.39, 0.29) is 0 Å². The zero-order chi connectivity index (χ0) is 16.4. The molecule has 0 unspecified atom stereocenters. The van der Waals surface area contributed by atoms with Crippen molar-refractivity contribution >= 4 is 17.0 Å². The number of hydrogen-bond acceptors (Lipinski definition) is 4. The summed E-state index contributed by atoms with van der Waals surface area (Å²) in [5.74, 6) is 0.0501. The maximum atomic E-state index is 11.8. The van der Waals surface area contributed by atoms with Gasteiger partial charge in [0, 0.05) is 36.1 Å². The van der Waals surface area contributed by atoms with Crippen molar-refractivity contribution < 1.29 is 9.53 Å². The third-order valence-corrected chi connectivity index (χ3v) is 3.67. The summed E-state index contributed by atoms with van der Waals surface area (Å²) in [5, 5.41) is 1.02. The first-order valence-electron chi connectivity index (χ1n) is 7.58. The average Bonchev–Trinajstić information content (AvgIpc) is 2.92. The van der Waals surface area contributed by atoms with E-state index < -0.39 is 5.97 Å². The molecule has 3 aromatic rings. The number of hydrogen-bond donors (Lipinski definition) is 0. The van der Waals surface area contributed by atoms with Crippen LogP contribution in [0.2, 0.25) is 0 Å². The molecule has 3 rings (SSSR count). The van der Waals surface area contributed by atoms with Crippen LogP contribution in [0.4, 0.5) is 0 Å². The Labute approximate surface area is 134 Å². The molecule has 118 valence electrons. The van der Waals surface area contributed by atoms with Crippen LogP contribution in [0.5, 0.6) is 0 Å². The SMILES string of the molecule is COC(=O)c1ccc2c(-c3ccncc3)cn(CC(C)C)c2n1. The quantitative estimate of drug-likeness (QED) is 0.692. The molecule has 0 N–H and O–H groups in total. The Kier molecular flexibility index (Phi) is 4.10. The molecule has 5 heteroatoms. The Balaban J connectivity index is 2.21. The summed E-state index contributed by atoms with van der Waals surface area (Å²) in [4.78, 5) is 20.4. The number of ether oxygens (including phenoxy) is 1. The summed E-state index contributed by atoms with van der Waals surface area (Å²) in [7, 11) is 1.36. The molecule has 0 aliphatic carbocycles. The van der Waals surface area contributed by atoms with E-state index in [1.54, 1.807) is 18.5 Å². The van der Waals surface area contributed by atoms with Crippen LogP contribution in [0, 0.1) is 5.92 Å². The molecule has 0 aliphatic heterocycles. The highest BCUT2D eigenvalue weighted by atomic mass is 16.5. The van der Waals surface area contributed by atoms with Gasteiger partial charge in [0.15, 0.2) is 5.69 Å². The molecule has 0 aromatic carbocycles. The second-order valence-electron chi connectivity index (χ2n) is 5.88. The van der Waals surface area contributed by atoms with Gasteiger partial charge in [-0.1, -0.05) is 13.8 Å². The number of carbonyl (C=O) groups is 1. The first-order chi connectivity index (χ1) is 11.1. The van der Waals surface area contributed by atoms with Crippen LogP contribution >= 0.6 is 0 Å². The Bertz CT molecular complexity index is 838. The minimum atomic E-state index is -0.422. The van der Waals surface area contributed by atoms with Crippen molar-refractivity contribution in [1.29, 1.82) is 0 Å². The van der Waals surface area contributed by atoms with Gasteiger partial charge in [0.25, 0.3) is 0 Å². The third kappa shape index (κ3) is 2.95. The van der Waals surface area contributed by atoms with Gasteiger partial charge < -0.3 is 9.30 Å². The fourth-order valence-electron chi connectivity index (χ4n) is 2.68. The van der Waals surface area contributed by atoms with Gasteiger partial charge in [0.05, 0.1) is 7.11 Å². The van der Waals surface area contributed by atoms with Gasteiger partial charge in [-0.05, 0) is 35.7 Å². The number of esters is 1. The summed E-state index contributed by atoms with van der Waals surface area (Å²) < 4.78 is 6.88. The van der Waals surface area contributed by atoms with Gasteiger partial charge >= 0.3 is 5.97 Å². The maximum Gasteiger partial charge on any atom is 0.356 e. The van der Waals surface area contributed by atoms with Gasteiger partial charge in [-0.2, -0.15) is 0 Å². The van der Waals surface area contributed by atoms with Gasteiger partial charge in [-0.15, -0.1) is 0 Å². The van der Waals surface area contributed by atoms with Crippen LogP contribution in [0.1, 0.15) is 24.3 Å². The average molecular weight is 309 g/mol. The summed E-state index contributed by atoms with van der Waals surface area (Å²) >= 11 is 0. The molecule has 0 saturated heterocycles. The van der Waals surface area contributed by atoms with Crippen molar-refractivity contribution in [2.75, 3.05) is 7.11 Å². The first-order valence-corrected chi connectivity index (χ1v) is 7.58. The highest BCUT2D eigenvalue weighted by Crippen LogP contribution is 2.30. The summed E-state index contributed by atoms with van der Waals surface area (Å²) in [6, 6.07) is 7.59. The molecule has 0 saturated carbocycles. The lowest BCUT2D eigenvalue weighted by Gasteiger charge is -2.07. The monoisotopic (exact) mass is 309 g/mol. The molecule has 0 amide bonds. The molecule has 0 aliphatic rings. The van der Waals surface area contributed by atoms with Gasteiger partial charge in [-0.3, -0.25) is 4.98 Å². The highest BCUT2D eigenvalue weighted by molar-refractivity contribution is 5.97. The smallest absolute Gasteiger partial charge is 0.356 e. The normalized spacial score (nSPS) is 11.1. The number of aromatic nitrogens is 3. The fraction of sp³-hybridized carbons (Fsp3) is 0.278. The first kappa shape index (κ1) is 15.2. The van der Waals surface area contributed by atoms with Crippen molar-refractivity contribution in [3.05, 3.63) is 48.5 Å². The van der Waals surface area contributed by atoms with E-state index in [0.29, 0.717) is 11.6 Å². The van der Waals surface area contributed by atoms with Crippen LogP contribution in [-0.2, 0) is 11.3 Å². The Morgan fingerprint density at radius 1 is 1.22 bits per heavy atom. The lowest BCUT2D eigenvalue weighted by molar-refractivity contribution is 0.0594. The Hall–Kier alpha value is -2.69. The molecule has 0 atom stereocenters. The molecular formula is C18H19N3O2. The molecule has 3 aromatic heterocycles. The fourth-order valence-corrected chi connectivity index (χ4v) is 2.68. The maximum absolute atomic E-state index is 11.8. The van der Waals surface area contributed by atoms with Crippen LogP contribution in [0.3, 0.4) is 0 Å². The van der Waals surface area contributed by atoms with E-state index in [1.807, 2.05) is 18.2 Å². The van der Waals surface area contributed by atoms with Crippen LogP contribution in [0.25, 0.3) is 22.2 Å². The second-order valence-corrected chi connectivity index (χ2v) is 5.88. The molecule has 0 radical (unpaired) electrons. The van der Waals surface area contributed by atoms with Crippen molar-refractivity contribution in [1.82, 2.24) is 14.5 Å². The molecule has 0 spiro atoms. The van der Waals surface area contributed by atoms with Gasteiger partial charge in [0.2, 0.25) is 0 Å². The lowest BCUT2D eigenvalue weighted by atomic mass is 10.1. The molecule has 0 bridgehead atoms. The summed E-state index contributed by atoms with van der Waals surface area (Å²) in [6.45, 7) is 5.14. The molecule has 0 fully saturated rings. The van der Waals surface area contributed by atoms with E-state index in [2.05, 4.69) is 34.6 Å². The third-order valence-electron chi connectivity index (χ3n) is 3.67. The minimum Gasteiger partial charge on any atom is -0.464 e. The topological polar surface area (TPSA) is 57.0 Å². The number of methoxy groups -OCH3 is 1. The molecule has 5 nitrogen and oxygen atoms in total. The number of carbonyl (C=O) groups excluding carboxylic acids is 1. The second kappa shape index (κ2) is 6.20. The van der Waals surface area contributed by atoms with Gasteiger partial charge in [-0.25, -0.2) is 9.78 Å². The number of nitrogens with zero attached hydrogens (tertiary/aromatic N) is 3. The highest BCUT2D eigenvalue weighted by Gasteiger charge is 2.15. The summed E-state index contributed by atoms with van der Waals surface area (Å²) in [6.07, 6.45) is 5.64. The number of pyridine rings is 2.